The molecule has 3 aromatic rings. The standard InChI is InChI=1S/C23H20ClN3O4/c1-13-9-17-19(22(28)27(13)12-14-5-4-8-26-11-14)18(15-6-3-7-16(24)10-15)20(21(25)31-17)23(29)30-2/h3-11,18H,12,25H2,1-2H3/t18-/m0/s1. The summed E-state index contributed by atoms with van der Waals surface area (Å²) in [6.07, 6.45) is 3.37. The number of fused-ring (bicyclic) bond motifs is 1. The number of nitrogens with zero attached hydrogens (tertiary/aromatic N) is 2. The van der Waals surface area contributed by atoms with E-state index < -0.39 is 11.9 Å². The molecule has 0 saturated carbocycles. The number of esters is 1. The molecule has 0 saturated heterocycles. The summed E-state index contributed by atoms with van der Waals surface area (Å²) in [5.74, 6) is -1.26. The van der Waals surface area contributed by atoms with Crippen LogP contribution >= 0.6 is 11.6 Å². The Kier molecular flexibility index (Phi) is 5.52. The largest absolute Gasteiger partial charge is 0.465 e. The van der Waals surface area contributed by atoms with Crippen LogP contribution in [0.3, 0.4) is 0 Å². The van der Waals surface area contributed by atoms with E-state index in [9.17, 15) is 9.59 Å². The molecule has 2 aromatic heterocycles. The molecule has 158 valence electrons. The lowest BCUT2D eigenvalue weighted by atomic mass is 9.83. The monoisotopic (exact) mass is 437 g/mol. The zero-order valence-corrected chi connectivity index (χ0v) is 17.7. The van der Waals surface area contributed by atoms with E-state index >= 15 is 0 Å². The van der Waals surface area contributed by atoms with Crippen molar-refractivity contribution in [1.82, 2.24) is 9.55 Å². The van der Waals surface area contributed by atoms with E-state index in [0.29, 0.717) is 34.1 Å². The number of pyridine rings is 2. The van der Waals surface area contributed by atoms with Gasteiger partial charge >= 0.3 is 5.97 Å². The average molecular weight is 438 g/mol. The molecular weight excluding hydrogens is 418 g/mol. The number of nitrogens with two attached hydrogens (primary N) is 1. The third kappa shape index (κ3) is 3.80. The molecule has 0 amide bonds. The van der Waals surface area contributed by atoms with Crippen LogP contribution in [-0.4, -0.2) is 22.6 Å². The number of rotatable bonds is 4. The van der Waals surface area contributed by atoms with Gasteiger partial charge in [-0.15, -0.1) is 0 Å². The topological polar surface area (TPSA) is 96.4 Å². The van der Waals surface area contributed by atoms with Gasteiger partial charge in [-0.1, -0.05) is 29.8 Å². The second kappa shape index (κ2) is 8.28. The Balaban J connectivity index is 1.96. The number of hydrogen-bond donors (Lipinski definition) is 1. The lowest BCUT2D eigenvalue weighted by Gasteiger charge is -2.29. The Bertz CT molecular complexity index is 1250. The van der Waals surface area contributed by atoms with Gasteiger partial charge in [0.25, 0.3) is 5.56 Å². The van der Waals surface area contributed by atoms with Gasteiger partial charge in [-0.2, -0.15) is 0 Å². The first-order valence-corrected chi connectivity index (χ1v) is 9.93. The molecule has 1 aliphatic heterocycles. The molecule has 1 aromatic carbocycles. The minimum absolute atomic E-state index is 0.0612. The van der Waals surface area contributed by atoms with Crippen molar-refractivity contribution in [3.8, 4) is 5.75 Å². The van der Waals surface area contributed by atoms with E-state index in [1.807, 2.05) is 19.1 Å². The van der Waals surface area contributed by atoms with Gasteiger partial charge in [0, 0.05) is 29.2 Å². The minimum atomic E-state index is -0.789. The molecule has 0 aliphatic carbocycles. The van der Waals surface area contributed by atoms with Crippen LogP contribution < -0.4 is 16.0 Å². The van der Waals surface area contributed by atoms with Gasteiger partial charge in [0.1, 0.15) is 11.3 Å². The Hall–Kier alpha value is -3.58. The molecule has 8 heteroatoms. The van der Waals surface area contributed by atoms with Crippen molar-refractivity contribution in [3.05, 3.63) is 104 Å². The Morgan fingerprint density at radius 3 is 2.77 bits per heavy atom. The SMILES string of the molecule is COC(=O)C1=C(N)Oc2cc(C)n(Cc3cccnc3)c(=O)c2[C@@H]1c1cccc(Cl)c1. The number of methoxy groups -OCH3 is 1. The van der Waals surface area contributed by atoms with Crippen molar-refractivity contribution in [3.63, 3.8) is 0 Å². The van der Waals surface area contributed by atoms with Crippen LogP contribution in [0.2, 0.25) is 5.02 Å². The minimum Gasteiger partial charge on any atom is -0.465 e. The second-order valence-electron chi connectivity index (χ2n) is 7.18. The van der Waals surface area contributed by atoms with Gasteiger partial charge < -0.3 is 19.8 Å². The molecular formula is C23H20ClN3O4. The highest BCUT2D eigenvalue weighted by molar-refractivity contribution is 6.30. The zero-order valence-electron chi connectivity index (χ0n) is 17.0. The predicted molar refractivity (Wildman–Crippen MR) is 116 cm³/mol. The molecule has 4 rings (SSSR count). The van der Waals surface area contributed by atoms with E-state index in [-0.39, 0.29) is 17.0 Å². The second-order valence-corrected chi connectivity index (χ2v) is 7.61. The predicted octanol–water partition coefficient (Wildman–Crippen LogP) is 3.12. The van der Waals surface area contributed by atoms with Crippen LogP contribution in [0, 0.1) is 6.92 Å². The Morgan fingerprint density at radius 2 is 2.10 bits per heavy atom. The van der Waals surface area contributed by atoms with Crippen LogP contribution in [0.5, 0.6) is 5.75 Å². The van der Waals surface area contributed by atoms with Crippen molar-refractivity contribution in [1.29, 1.82) is 0 Å². The highest BCUT2D eigenvalue weighted by Gasteiger charge is 2.38. The molecule has 0 spiro atoms. The van der Waals surface area contributed by atoms with Crippen LogP contribution in [0.1, 0.15) is 28.3 Å². The number of benzene rings is 1. The number of halogens is 1. The quantitative estimate of drug-likeness (QED) is 0.630. The first-order valence-electron chi connectivity index (χ1n) is 9.55. The number of hydrogen-bond acceptors (Lipinski definition) is 6. The average Bonchev–Trinajstić information content (AvgIpc) is 2.76. The molecule has 3 heterocycles. The molecule has 0 unspecified atom stereocenters. The van der Waals surface area contributed by atoms with E-state index in [1.54, 1.807) is 47.3 Å². The van der Waals surface area contributed by atoms with Gasteiger partial charge in [0.05, 0.1) is 25.1 Å². The van der Waals surface area contributed by atoms with Crippen LogP contribution in [0.15, 0.2) is 71.1 Å². The van der Waals surface area contributed by atoms with Gasteiger partial charge in [0.2, 0.25) is 5.88 Å². The number of aromatic nitrogens is 2. The van der Waals surface area contributed by atoms with Gasteiger partial charge in [-0.3, -0.25) is 9.78 Å². The van der Waals surface area contributed by atoms with E-state index in [0.717, 1.165) is 5.56 Å². The molecule has 2 N–H and O–H groups in total. The molecule has 1 aliphatic rings. The van der Waals surface area contributed by atoms with Crippen molar-refractivity contribution < 1.29 is 14.3 Å². The van der Waals surface area contributed by atoms with E-state index in [1.165, 1.54) is 7.11 Å². The van der Waals surface area contributed by atoms with Crippen LogP contribution in [-0.2, 0) is 16.1 Å². The maximum absolute atomic E-state index is 13.7. The number of carbonyl (C=O) groups is 1. The number of carbonyl (C=O) groups excluding carboxylic acids is 1. The molecule has 7 nitrogen and oxygen atoms in total. The lowest BCUT2D eigenvalue weighted by Crippen LogP contribution is -2.35. The third-order valence-corrected chi connectivity index (χ3v) is 5.46. The molecule has 0 fully saturated rings. The fraction of sp³-hybridized carbons (Fsp3) is 0.174. The Morgan fingerprint density at radius 1 is 1.29 bits per heavy atom. The molecule has 0 bridgehead atoms. The zero-order chi connectivity index (χ0) is 22.1. The summed E-state index contributed by atoms with van der Waals surface area (Å²) in [5.41, 5.74) is 8.36. The summed E-state index contributed by atoms with van der Waals surface area (Å²) in [5, 5.41) is 0.469. The first-order chi connectivity index (χ1) is 14.9. The highest BCUT2D eigenvalue weighted by Crippen LogP contribution is 2.41. The lowest BCUT2D eigenvalue weighted by molar-refractivity contribution is -0.136. The fourth-order valence-corrected chi connectivity index (χ4v) is 3.98. The van der Waals surface area contributed by atoms with Crippen molar-refractivity contribution in [2.24, 2.45) is 5.73 Å². The van der Waals surface area contributed by atoms with Crippen molar-refractivity contribution in [2.45, 2.75) is 19.4 Å². The van der Waals surface area contributed by atoms with Gasteiger partial charge in [-0.25, -0.2) is 4.79 Å². The number of ether oxygens (including phenoxy) is 2. The molecule has 1 atom stereocenters. The Labute approximate surface area is 183 Å². The van der Waals surface area contributed by atoms with E-state index in [4.69, 9.17) is 26.8 Å². The summed E-state index contributed by atoms with van der Waals surface area (Å²) in [4.78, 5) is 30.4. The van der Waals surface area contributed by atoms with Gasteiger partial charge in [0.15, 0.2) is 0 Å². The summed E-state index contributed by atoms with van der Waals surface area (Å²) >= 11 is 6.21. The maximum atomic E-state index is 13.7. The number of aryl methyl sites for hydroxylation is 1. The van der Waals surface area contributed by atoms with Crippen molar-refractivity contribution >= 4 is 17.6 Å². The molecule has 0 radical (unpaired) electrons. The summed E-state index contributed by atoms with van der Waals surface area (Å²) in [6, 6.07) is 12.4. The normalized spacial score (nSPS) is 15.3. The summed E-state index contributed by atoms with van der Waals surface area (Å²) < 4.78 is 12.3. The van der Waals surface area contributed by atoms with Crippen LogP contribution in [0.4, 0.5) is 0 Å². The summed E-state index contributed by atoms with van der Waals surface area (Å²) in [7, 11) is 1.25. The first kappa shape index (κ1) is 20.7. The fourth-order valence-electron chi connectivity index (χ4n) is 3.79. The van der Waals surface area contributed by atoms with Gasteiger partial charge in [-0.05, 0) is 36.2 Å². The smallest absolute Gasteiger partial charge is 0.340 e. The highest BCUT2D eigenvalue weighted by atomic mass is 35.5. The van der Waals surface area contributed by atoms with Crippen LogP contribution in [0.25, 0.3) is 0 Å². The molecule has 31 heavy (non-hydrogen) atoms. The van der Waals surface area contributed by atoms with Crippen molar-refractivity contribution in [2.75, 3.05) is 7.11 Å². The van der Waals surface area contributed by atoms with E-state index in [2.05, 4.69) is 4.98 Å². The maximum Gasteiger partial charge on any atom is 0.340 e. The third-order valence-electron chi connectivity index (χ3n) is 5.22. The summed E-state index contributed by atoms with van der Waals surface area (Å²) in [6.45, 7) is 2.13.